The standard InChI is InChI=1S/C11H25NO2S/c1-5-12-11(4)10(3)8-7-9-15(13,14)6-2/h10-12H,5-9H2,1-4H3. The third-order valence-corrected chi connectivity index (χ3v) is 4.72. The minimum absolute atomic E-state index is 0.268. The predicted octanol–water partition coefficient (Wildman–Crippen LogP) is 1.84. The molecule has 1 N–H and O–H groups in total. The monoisotopic (exact) mass is 235 g/mol. The van der Waals surface area contributed by atoms with E-state index in [1.165, 1.54) is 0 Å². The molecule has 0 fully saturated rings. The Balaban J connectivity index is 3.77. The van der Waals surface area contributed by atoms with Gasteiger partial charge in [0.25, 0.3) is 0 Å². The second-order valence-electron chi connectivity index (χ2n) is 4.20. The van der Waals surface area contributed by atoms with E-state index < -0.39 is 9.84 Å². The highest BCUT2D eigenvalue weighted by Gasteiger charge is 2.13. The van der Waals surface area contributed by atoms with Gasteiger partial charge in [-0.15, -0.1) is 0 Å². The average Bonchev–Trinajstić information content (AvgIpc) is 2.18. The van der Waals surface area contributed by atoms with Crippen LogP contribution in [0.2, 0.25) is 0 Å². The summed E-state index contributed by atoms with van der Waals surface area (Å²) in [6.45, 7) is 9.10. The summed E-state index contributed by atoms with van der Waals surface area (Å²) < 4.78 is 22.5. The Morgan fingerprint density at radius 1 is 1.20 bits per heavy atom. The zero-order valence-corrected chi connectivity index (χ0v) is 11.2. The van der Waals surface area contributed by atoms with E-state index in [4.69, 9.17) is 0 Å². The fourth-order valence-corrected chi connectivity index (χ4v) is 2.44. The normalized spacial score (nSPS) is 16.3. The van der Waals surface area contributed by atoms with Gasteiger partial charge in [-0.2, -0.15) is 0 Å². The maximum Gasteiger partial charge on any atom is 0.150 e. The largest absolute Gasteiger partial charge is 0.314 e. The molecule has 0 radical (unpaired) electrons. The first-order valence-corrected chi connectivity index (χ1v) is 7.68. The molecule has 0 aliphatic carbocycles. The summed E-state index contributed by atoms with van der Waals surface area (Å²) in [5.41, 5.74) is 0. The van der Waals surface area contributed by atoms with Gasteiger partial charge in [0.05, 0.1) is 5.75 Å². The molecule has 0 heterocycles. The van der Waals surface area contributed by atoms with Crippen molar-refractivity contribution in [2.45, 2.75) is 46.6 Å². The molecule has 0 aromatic rings. The summed E-state index contributed by atoms with van der Waals surface area (Å²) in [4.78, 5) is 0. The van der Waals surface area contributed by atoms with E-state index in [0.29, 0.717) is 17.7 Å². The highest BCUT2D eigenvalue weighted by atomic mass is 32.2. The first-order chi connectivity index (χ1) is 6.93. The molecule has 0 aliphatic heterocycles. The van der Waals surface area contributed by atoms with E-state index in [2.05, 4.69) is 26.1 Å². The van der Waals surface area contributed by atoms with Crippen molar-refractivity contribution in [2.24, 2.45) is 5.92 Å². The van der Waals surface area contributed by atoms with Crippen molar-refractivity contribution in [2.75, 3.05) is 18.1 Å². The Labute approximate surface area is 94.6 Å². The molecule has 0 saturated heterocycles. The first-order valence-electron chi connectivity index (χ1n) is 5.86. The van der Waals surface area contributed by atoms with Crippen LogP contribution >= 0.6 is 0 Å². The Morgan fingerprint density at radius 2 is 1.80 bits per heavy atom. The van der Waals surface area contributed by atoms with Crippen molar-refractivity contribution in [3.8, 4) is 0 Å². The summed E-state index contributed by atoms with van der Waals surface area (Å²) in [7, 11) is -2.77. The van der Waals surface area contributed by atoms with Crippen molar-refractivity contribution in [3.05, 3.63) is 0 Å². The molecule has 4 heteroatoms. The molecule has 2 atom stereocenters. The van der Waals surface area contributed by atoms with Gasteiger partial charge in [0.2, 0.25) is 0 Å². The third-order valence-electron chi connectivity index (χ3n) is 2.93. The molecule has 0 saturated carbocycles. The molecular weight excluding hydrogens is 210 g/mol. The molecule has 3 nitrogen and oxygen atoms in total. The molecule has 0 aromatic carbocycles. The van der Waals surface area contributed by atoms with Crippen LogP contribution in [0, 0.1) is 5.92 Å². The van der Waals surface area contributed by atoms with Gasteiger partial charge in [0, 0.05) is 11.8 Å². The van der Waals surface area contributed by atoms with Crippen LogP contribution in [-0.2, 0) is 9.84 Å². The minimum Gasteiger partial charge on any atom is -0.314 e. The summed E-state index contributed by atoms with van der Waals surface area (Å²) in [6, 6.07) is 0.472. The van der Waals surface area contributed by atoms with E-state index in [-0.39, 0.29) is 5.75 Å². The fourth-order valence-electron chi connectivity index (χ4n) is 1.54. The molecule has 92 valence electrons. The van der Waals surface area contributed by atoms with Crippen molar-refractivity contribution in [3.63, 3.8) is 0 Å². The van der Waals surface area contributed by atoms with Crippen LogP contribution in [0.5, 0.6) is 0 Å². The Bertz CT molecular complexity index is 249. The van der Waals surface area contributed by atoms with Crippen LogP contribution in [0.25, 0.3) is 0 Å². The SMILES string of the molecule is CCNC(C)C(C)CCCS(=O)(=O)CC. The van der Waals surface area contributed by atoms with Gasteiger partial charge in [0.15, 0.2) is 0 Å². The fraction of sp³-hybridized carbons (Fsp3) is 1.00. The van der Waals surface area contributed by atoms with Gasteiger partial charge >= 0.3 is 0 Å². The lowest BCUT2D eigenvalue weighted by atomic mass is 9.98. The van der Waals surface area contributed by atoms with Crippen LogP contribution in [-0.4, -0.2) is 32.5 Å². The maximum atomic E-state index is 11.3. The summed E-state index contributed by atoms with van der Waals surface area (Å²) in [5, 5.41) is 3.36. The van der Waals surface area contributed by atoms with Crippen molar-refractivity contribution >= 4 is 9.84 Å². The number of sulfone groups is 1. The quantitative estimate of drug-likeness (QED) is 0.698. The molecule has 2 unspecified atom stereocenters. The van der Waals surface area contributed by atoms with Crippen LogP contribution in [0.15, 0.2) is 0 Å². The molecule has 0 aliphatic rings. The van der Waals surface area contributed by atoms with Gasteiger partial charge in [-0.05, 0) is 32.2 Å². The molecule has 0 aromatic heterocycles. The topological polar surface area (TPSA) is 46.2 Å². The second-order valence-corrected chi connectivity index (χ2v) is 6.67. The molecule has 0 rings (SSSR count). The molecule has 0 spiro atoms. The Hall–Kier alpha value is -0.0900. The van der Waals surface area contributed by atoms with Gasteiger partial charge in [0.1, 0.15) is 9.84 Å². The van der Waals surface area contributed by atoms with Crippen LogP contribution in [0.3, 0.4) is 0 Å². The molecule has 0 amide bonds. The third kappa shape index (κ3) is 6.90. The molecular formula is C11H25NO2S. The van der Waals surface area contributed by atoms with Crippen LogP contribution < -0.4 is 5.32 Å². The van der Waals surface area contributed by atoms with Gasteiger partial charge in [-0.25, -0.2) is 8.42 Å². The van der Waals surface area contributed by atoms with E-state index in [0.717, 1.165) is 19.4 Å². The number of nitrogens with one attached hydrogen (secondary N) is 1. The van der Waals surface area contributed by atoms with E-state index >= 15 is 0 Å². The van der Waals surface area contributed by atoms with Gasteiger partial charge in [-0.3, -0.25) is 0 Å². The number of rotatable bonds is 8. The summed E-state index contributed by atoms with van der Waals surface area (Å²) in [5.74, 6) is 1.15. The number of hydrogen-bond acceptors (Lipinski definition) is 3. The average molecular weight is 235 g/mol. The summed E-state index contributed by atoms with van der Waals surface area (Å²) >= 11 is 0. The van der Waals surface area contributed by atoms with Gasteiger partial charge < -0.3 is 5.32 Å². The molecule has 0 bridgehead atoms. The van der Waals surface area contributed by atoms with E-state index in [9.17, 15) is 8.42 Å². The minimum atomic E-state index is -2.77. The lowest BCUT2D eigenvalue weighted by Crippen LogP contribution is -2.32. The Morgan fingerprint density at radius 3 is 2.27 bits per heavy atom. The smallest absolute Gasteiger partial charge is 0.150 e. The van der Waals surface area contributed by atoms with Crippen LogP contribution in [0.1, 0.15) is 40.5 Å². The lowest BCUT2D eigenvalue weighted by molar-refractivity contribution is 0.383. The lowest BCUT2D eigenvalue weighted by Gasteiger charge is -2.20. The van der Waals surface area contributed by atoms with Crippen molar-refractivity contribution < 1.29 is 8.42 Å². The van der Waals surface area contributed by atoms with Crippen molar-refractivity contribution in [1.82, 2.24) is 5.32 Å². The Kier molecular flexibility index (Phi) is 7.18. The predicted molar refractivity (Wildman–Crippen MR) is 65.9 cm³/mol. The van der Waals surface area contributed by atoms with Crippen molar-refractivity contribution in [1.29, 1.82) is 0 Å². The number of hydrogen-bond donors (Lipinski definition) is 1. The van der Waals surface area contributed by atoms with Crippen LogP contribution in [0.4, 0.5) is 0 Å². The first kappa shape index (κ1) is 14.9. The van der Waals surface area contributed by atoms with Gasteiger partial charge in [-0.1, -0.05) is 20.8 Å². The maximum absolute atomic E-state index is 11.3. The summed E-state index contributed by atoms with van der Waals surface area (Å²) in [6.07, 6.45) is 1.76. The highest BCUT2D eigenvalue weighted by Crippen LogP contribution is 2.11. The van der Waals surface area contributed by atoms with E-state index in [1.807, 2.05) is 0 Å². The zero-order chi connectivity index (χ0) is 11.9. The molecule has 15 heavy (non-hydrogen) atoms. The zero-order valence-electron chi connectivity index (χ0n) is 10.4. The van der Waals surface area contributed by atoms with E-state index in [1.54, 1.807) is 6.92 Å². The second kappa shape index (κ2) is 7.23. The highest BCUT2D eigenvalue weighted by molar-refractivity contribution is 7.91.